The maximum atomic E-state index is 12.5. The highest BCUT2D eigenvalue weighted by atomic mass is 32.2. The van der Waals surface area contributed by atoms with Gasteiger partial charge in [-0.1, -0.05) is 12.1 Å². The molecule has 0 aliphatic carbocycles. The molecule has 28 heavy (non-hydrogen) atoms. The molecule has 0 spiro atoms. The Bertz CT molecular complexity index is 916. The summed E-state index contributed by atoms with van der Waals surface area (Å²) in [7, 11) is -1.84. The van der Waals surface area contributed by atoms with Crippen LogP contribution in [-0.2, 0) is 16.4 Å². The van der Waals surface area contributed by atoms with Crippen LogP contribution in [0.1, 0.15) is 26.7 Å². The van der Waals surface area contributed by atoms with Crippen molar-refractivity contribution in [2.24, 2.45) is 4.99 Å². The van der Waals surface area contributed by atoms with Crippen molar-refractivity contribution in [1.82, 2.24) is 20.3 Å². The molecule has 1 aromatic heterocycles. The summed E-state index contributed by atoms with van der Waals surface area (Å²) < 4.78 is 27.6. The molecule has 154 valence electrons. The Kier molecular flexibility index (Phi) is 7.97. The van der Waals surface area contributed by atoms with Crippen LogP contribution in [0.4, 0.5) is 0 Å². The molecule has 0 bridgehead atoms. The molecule has 1 aromatic carbocycles. The normalized spacial score (nSPS) is 12.2. The van der Waals surface area contributed by atoms with Crippen LogP contribution in [-0.4, -0.2) is 46.0 Å². The number of aromatic nitrogens is 1. The van der Waals surface area contributed by atoms with E-state index in [4.69, 9.17) is 0 Å². The molecular formula is C19H29N5O2S2. The Balaban J connectivity index is 1.77. The van der Waals surface area contributed by atoms with Crippen molar-refractivity contribution in [3.8, 4) is 0 Å². The van der Waals surface area contributed by atoms with E-state index in [2.05, 4.69) is 32.3 Å². The molecule has 0 amide bonds. The summed E-state index contributed by atoms with van der Waals surface area (Å²) in [5.74, 6) is 0.635. The lowest BCUT2D eigenvalue weighted by atomic mass is 10.2. The van der Waals surface area contributed by atoms with Gasteiger partial charge in [0.25, 0.3) is 0 Å². The average molecular weight is 424 g/mol. The maximum Gasteiger partial charge on any atom is 0.240 e. The van der Waals surface area contributed by atoms with Crippen molar-refractivity contribution in [2.75, 3.05) is 26.7 Å². The third-order valence-corrected chi connectivity index (χ3v) is 7.01. The van der Waals surface area contributed by atoms with E-state index in [1.165, 1.54) is 4.88 Å². The van der Waals surface area contributed by atoms with E-state index >= 15 is 0 Å². The minimum absolute atomic E-state index is 0.265. The zero-order valence-electron chi connectivity index (χ0n) is 17.1. The lowest BCUT2D eigenvalue weighted by Crippen LogP contribution is -2.42. The molecule has 0 radical (unpaired) electrons. The van der Waals surface area contributed by atoms with Gasteiger partial charge in [-0.3, -0.25) is 4.99 Å². The SMILES string of the molecule is CN=C(NCCNS(=O)(=O)c1cc(C)ccc1C)NCCc1nc(C)c(C)s1. The first-order valence-electron chi connectivity index (χ1n) is 9.17. The summed E-state index contributed by atoms with van der Waals surface area (Å²) in [4.78, 5) is 10.2. The highest BCUT2D eigenvalue weighted by Crippen LogP contribution is 2.17. The van der Waals surface area contributed by atoms with Crippen LogP contribution in [0, 0.1) is 27.7 Å². The van der Waals surface area contributed by atoms with E-state index in [0.29, 0.717) is 23.9 Å². The van der Waals surface area contributed by atoms with Gasteiger partial charge in [0.2, 0.25) is 10.0 Å². The lowest BCUT2D eigenvalue weighted by molar-refractivity contribution is 0.580. The van der Waals surface area contributed by atoms with E-state index in [0.717, 1.165) is 28.2 Å². The molecule has 7 nitrogen and oxygen atoms in total. The number of hydrogen-bond acceptors (Lipinski definition) is 5. The van der Waals surface area contributed by atoms with Crippen molar-refractivity contribution >= 4 is 27.3 Å². The van der Waals surface area contributed by atoms with Crippen molar-refractivity contribution in [3.05, 3.63) is 44.9 Å². The van der Waals surface area contributed by atoms with Crippen LogP contribution in [0.15, 0.2) is 28.1 Å². The van der Waals surface area contributed by atoms with Crippen molar-refractivity contribution in [2.45, 2.75) is 39.0 Å². The predicted octanol–water partition coefficient (Wildman–Crippen LogP) is 2.06. The van der Waals surface area contributed by atoms with Gasteiger partial charge in [-0.25, -0.2) is 18.1 Å². The van der Waals surface area contributed by atoms with Crippen molar-refractivity contribution in [3.63, 3.8) is 0 Å². The van der Waals surface area contributed by atoms with E-state index in [1.54, 1.807) is 31.4 Å². The molecule has 3 N–H and O–H groups in total. The molecule has 2 rings (SSSR count). The molecule has 0 aliphatic heterocycles. The van der Waals surface area contributed by atoms with Gasteiger partial charge in [0.1, 0.15) is 0 Å². The molecule has 0 unspecified atom stereocenters. The summed E-state index contributed by atoms with van der Waals surface area (Å²) in [5.41, 5.74) is 2.73. The topological polar surface area (TPSA) is 95.5 Å². The first-order chi connectivity index (χ1) is 13.2. The Morgan fingerprint density at radius 2 is 1.82 bits per heavy atom. The van der Waals surface area contributed by atoms with Gasteiger partial charge >= 0.3 is 0 Å². The first kappa shape index (κ1) is 22.3. The second-order valence-electron chi connectivity index (χ2n) is 6.59. The van der Waals surface area contributed by atoms with Gasteiger partial charge < -0.3 is 10.6 Å². The van der Waals surface area contributed by atoms with Crippen LogP contribution in [0.25, 0.3) is 0 Å². The molecule has 2 aromatic rings. The molecule has 1 heterocycles. The second-order valence-corrected chi connectivity index (χ2v) is 9.61. The Morgan fingerprint density at radius 3 is 2.46 bits per heavy atom. The summed E-state index contributed by atoms with van der Waals surface area (Å²) in [6.45, 7) is 9.17. The van der Waals surface area contributed by atoms with Crippen LogP contribution >= 0.6 is 11.3 Å². The summed E-state index contributed by atoms with van der Waals surface area (Å²) in [6, 6.07) is 5.41. The quantitative estimate of drug-likeness (QED) is 0.343. The van der Waals surface area contributed by atoms with Gasteiger partial charge in [-0.2, -0.15) is 0 Å². The summed E-state index contributed by atoms with van der Waals surface area (Å²) in [6.07, 6.45) is 0.819. The Hall–Kier alpha value is -1.97. The fourth-order valence-electron chi connectivity index (χ4n) is 2.60. The Labute approximate surface area is 171 Å². The number of benzene rings is 1. The second kappa shape index (κ2) is 9.99. The number of aryl methyl sites for hydroxylation is 4. The number of aliphatic imine (C=N–C) groups is 1. The van der Waals surface area contributed by atoms with Crippen LogP contribution in [0.3, 0.4) is 0 Å². The molecule has 0 fully saturated rings. The van der Waals surface area contributed by atoms with Gasteiger partial charge in [-0.15, -0.1) is 11.3 Å². The van der Waals surface area contributed by atoms with Crippen LogP contribution in [0.2, 0.25) is 0 Å². The number of guanidine groups is 1. The molecule has 9 heteroatoms. The molecule has 0 aliphatic rings. The number of hydrogen-bond donors (Lipinski definition) is 3. The molecular weight excluding hydrogens is 394 g/mol. The number of nitrogens with zero attached hydrogens (tertiary/aromatic N) is 2. The van der Waals surface area contributed by atoms with Gasteiger partial charge in [-0.05, 0) is 44.9 Å². The van der Waals surface area contributed by atoms with E-state index < -0.39 is 10.0 Å². The lowest BCUT2D eigenvalue weighted by Gasteiger charge is -2.13. The summed E-state index contributed by atoms with van der Waals surface area (Å²) >= 11 is 1.71. The smallest absolute Gasteiger partial charge is 0.240 e. The number of rotatable bonds is 8. The monoisotopic (exact) mass is 423 g/mol. The van der Waals surface area contributed by atoms with Gasteiger partial charge in [0.05, 0.1) is 15.6 Å². The largest absolute Gasteiger partial charge is 0.356 e. The standard InChI is InChI=1S/C19H29N5O2S2/c1-13-6-7-14(2)17(12-13)28(25,26)23-11-10-22-19(20-5)21-9-8-18-24-15(3)16(4)27-18/h6-7,12,23H,8-11H2,1-5H3,(H2,20,21,22). The predicted molar refractivity (Wildman–Crippen MR) is 116 cm³/mol. The van der Waals surface area contributed by atoms with E-state index in [1.807, 2.05) is 26.0 Å². The van der Waals surface area contributed by atoms with E-state index in [-0.39, 0.29) is 6.54 Å². The van der Waals surface area contributed by atoms with Crippen LogP contribution in [0.5, 0.6) is 0 Å². The Morgan fingerprint density at radius 1 is 1.11 bits per heavy atom. The average Bonchev–Trinajstić information content (AvgIpc) is 2.96. The van der Waals surface area contributed by atoms with Crippen molar-refractivity contribution in [1.29, 1.82) is 0 Å². The zero-order valence-corrected chi connectivity index (χ0v) is 18.7. The molecule has 0 saturated heterocycles. The fourth-order valence-corrected chi connectivity index (χ4v) is 4.89. The first-order valence-corrected chi connectivity index (χ1v) is 11.5. The van der Waals surface area contributed by atoms with Crippen molar-refractivity contribution < 1.29 is 8.42 Å². The molecule has 0 saturated carbocycles. The zero-order chi connectivity index (χ0) is 20.7. The third kappa shape index (κ3) is 6.29. The number of thiazole rings is 1. The van der Waals surface area contributed by atoms with Gasteiger partial charge in [0.15, 0.2) is 5.96 Å². The number of nitrogens with one attached hydrogen (secondary N) is 3. The van der Waals surface area contributed by atoms with E-state index in [9.17, 15) is 8.42 Å². The van der Waals surface area contributed by atoms with Crippen LogP contribution < -0.4 is 15.4 Å². The summed E-state index contributed by atoms with van der Waals surface area (Å²) in [5, 5.41) is 7.43. The molecule has 0 atom stereocenters. The highest BCUT2D eigenvalue weighted by Gasteiger charge is 2.16. The maximum absolute atomic E-state index is 12.5. The minimum atomic E-state index is -3.53. The van der Waals surface area contributed by atoms with Gasteiger partial charge in [0, 0.05) is 38.0 Å². The minimum Gasteiger partial charge on any atom is -0.356 e. The third-order valence-electron chi connectivity index (χ3n) is 4.27. The highest BCUT2D eigenvalue weighted by molar-refractivity contribution is 7.89. The number of sulfonamides is 1. The fraction of sp³-hybridized carbons (Fsp3) is 0.474.